The van der Waals surface area contributed by atoms with Gasteiger partial charge in [-0.1, -0.05) is 13.0 Å². The molecule has 5 nitrogen and oxygen atoms in total. The third kappa shape index (κ3) is 3.53. The van der Waals surface area contributed by atoms with Gasteiger partial charge in [0.1, 0.15) is 5.69 Å². The first-order valence-corrected chi connectivity index (χ1v) is 6.68. The van der Waals surface area contributed by atoms with Crippen molar-refractivity contribution in [2.24, 2.45) is 5.92 Å². The largest absolute Gasteiger partial charge is 0.347 e. The summed E-state index contributed by atoms with van der Waals surface area (Å²) >= 11 is 0. The van der Waals surface area contributed by atoms with Crippen molar-refractivity contribution in [2.75, 3.05) is 24.5 Å². The van der Waals surface area contributed by atoms with Crippen molar-refractivity contribution in [1.29, 1.82) is 0 Å². The lowest BCUT2D eigenvalue weighted by Gasteiger charge is -2.30. The van der Waals surface area contributed by atoms with Crippen LogP contribution in [-0.2, 0) is 0 Å². The van der Waals surface area contributed by atoms with Gasteiger partial charge in [-0.2, -0.15) is 0 Å². The highest BCUT2D eigenvalue weighted by Crippen LogP contribution is 2.19. The monoisotopic (exact) mass is 260 g/mol. The fourth-order valence-electron chi connectivity index (χ4n) is 2.25. The number of amides is 1. The lowest BCUT2D eigenvalue weighted by Crippen LogP contribution is -2.36. The fourth-order valence-corrected chi connectivity index (χ4v) is 2.25. The van der Waals surface area contributed by atoms with Crippen LogP contribution in [0, 0.1) is 5.92 Å². The van der Waals surface area contributed by atoms with Crippen molar-refractivity contribution >= 4 is 11.9 Å². The van der Waals surface area contributed by atoms with Crippen molar-refractivity contribution in [3.05, 3.63) is 30.6 Å². The Morgan fingerprint density at radius 2 is 2.53 bits per heavy atom. The summed E-state index contributed by atoms with van der Waals surface area (Å²) in [5.41, 5.74) is 0.407. The molecule has 1 atom stereocenters. The maximum absolute atomic E-state index is 11.8. The predicted octanol–water partition coefficient (Wildman–Crippen LogP) is 1.63. The van der Waals surface area contributed by atoms with Gasteiger partial charge in [-0.05, 0) is 24.8 Å². The second-order valence-corrected chi connectivity index (χ2v) is 4.93. The second-order valence-electron chi connectivity index (χ2n) is 4.93. The van der Waals surface area contributed by atoms with E-state index in [9.17, 15) is 4.79 Å². The van der Waals surface area contributed by atoms with E-state index in [0.29, 0.717) is 24.1 Å². The van der Waals surface area contributed by atoms with Crippen LogP contribution in [-0.4, -0.2) is 35.5 Å². The quantitative estimate of drug-likeness (QED) is 0.836. The molecule has 102 valence electrons. The van der Waals surface area contributed by atoms with E-state index in [1.54, 1.807) is 18.3 Å². The van der Waals surface area contributed by atoms with E-state index in [0.717, 1.165) is 19.5 Å². The zero-order valence-corrected chi connectivity index (χ0v) is 11.3. The van der Waals surface area contributed by atoms with Crippen molar-refractivity contribution in [1.82, 2.24) is 15.3 Å². The zero-order chi connectivity index (χ0) is 13.7. The predicted molar refractivity (Wildman–Crippen MR) is 75.2 cm³/mol. The van der Waals surface area contributed by atoms with E-state index in [1.807, 2.05) is 0 Å². The molecule has 0 radical (unpaired) electrons. The zero-order valence-electron chi connectivity index (χ0n) is 11.3. The van der Waals surface area contributed by atoms with Crippen LogP contribution in [0.1, 0.15) is 30.3 Å². The molecular formula is C14H20N4O. The van der Waals surface area contributed by atoms with E-state index in [4.69, 9.17) is 0 Å². The summed E-state index contributed by atoms with van der Waals surface area (Å²) < 4.78 is 0. The summed E-state index contributed by atoms with van der Waals surface area (Å²) in [6.45, 7) is 8.16. The summed E-state index contributed by atoms with van der Waals surface area (Å²) in [7, 11) is 0. The molecule has 1 N–H and O–H groups in total. The third-order valence-electron chi connectivity index (χ3n) is 3.22. The van der Waals surface area contributed by atoms with Crippen LogP contribution in [0.3, 0.4) is 0 Å². The number of nitrogens with zero attached hydrogens (tertiary/aromatic N) is 3. The van der Waals surface area contributed by atoms with Crippen LogP contribution in [0.15, 0.2) is 24.9 Å². The first kappa shape index (κ1) is 13.5. The Hall–Kier alpha value is -1.91. The SMILES string of the molecule is C=CCNC(=O)c1ccnc(N2CCCC(C)C2)n1. The molecule has 5 heteroatoms. The minimum Gasteiger partial charge on any atom is -0.347 e. The first-order chi connectivity index (χ1) is 9.20. The van der Waals surface area contributed by atoms with Gasteiger partial charge >= 0.3 is 0 Å². The Morgan fingerprint density at radius 1 is 1.68 bits per heavy atom. The lowest BCUT2D eigenvalue weighted by atomic mass is 10.0. The van der Waals surface area contributed by atoms with Crippen LogP contribution in [0.2, 0.25) is 0 Å². The van der Waals surface area contributed by atoms with Crippen molar-refractivity contribution in [2.45, 2.75) is 19.8 Å². The Bertz CT molecular complexity index is 461. The number of carbonyl (C=O) groups is 1. The molecule has 1 unspecified atom stereocenters. The van der Waals surface area contributed by atoms with Crippen LogP contribution >= 0.6 is 0 Å². The van der Waals surface area contributed by atoms with Gasteiger partial charge in [-0.3, -0.25) is 4.79 Å². The van der Waals surface area contributed by atoms with Crippen LogP contribution in [0.5, 0.6) is 0 Å². The van der Waals surface area contributed by atoms with Gasteiger partial charge in [0.15, 0.2) is 0 Å². The summed E-state index contributed by atoms with van der Waals surface area (Å²) in [6, 6.07) is 1.63. The summed E-state index contributed by atoms with van der Waals surface area (Å²) in [5, 5.41) is 2.72. The molecule has 1 saturated heterocycles. The maximum atomic E-state index is 11.8. The number of nitrogens with one attached hydrogen (secondary N) is 1. The standard InChI is InChI=1S/C14H20N4O/c1-3-7-15-13(19)12-6-8-16-14(17-12)18-9-4-5-11(2)10-18/h3,6,8,11H,1,4-5,7,9-10H2,2H3,(H,15,19). The number of hydrogen-bond acceptors (Lipinski definition) is 4. The number of rotatable bonds is 4. The van der Waals surface area contributed by atoms with Gasteiger partial charge in [-0.15, -0.1) is 6.58 Å². The number of aromatic nitrogens is 2. The van der Waals surface area contributed by atoms with Gasteiger partial charge in [0.25, 0.3) is 5.91 Å². The summed E-state index contributed by atoms with van der Waals surface area (Å²) in [6.07, 6.45) is 5.68. The normalized spacial score (nSPS) is 19.0. The average Bonchev–Trinajstić information content (AvgIpc) is 2.45. The van der Waals surface area contributed by atoms with Crippen molar-refractivity contribution < 1.29 is 4.79 Å². The van der Waals surface area contributed by atoms with E-state index in [2.05, 4.69) is 33.7 Å². The summed E-state index contributed by atoms with van der Waals surface area (Å²) in [5.74, 6) is 1.11. The lowest BCUT2D eigenvalue weighted by molar-refractivity contribution is 0.0953. The van der Waals surface area contributed by atoms with Crippen LogP contribution in [0.25, 0.3) is 0 Å². The molecular weight excluding hydrogens is 240 g/mol. The fraction of sp³-hybridized carbons (Fsp3) is 0.500. The van der Waals surface area contributed by atoms with E-state index >= 15 is 0 Å². The minimum absolute atomic E-state index is 0.186. The molecule has 1 aromatic heterocycles. The van der Waals surface area contributed by atoms with Gasteiger partial charge in [-0.25, -0.2) is 9.97 Å². The second kappa shape index (κ2) is 6.31. The van der Waals surface area contributed by atoms with E-state index in [1.165, 1.54) is 6.42 Å². The van der Waals surface area contributed by atoms with E-state index < -0.39 is 0 Å². The van der Waals surface area contributed by atoms with Gasteiger partial charge < -0.3 is 10.2 Å². The molecule has 2 rings (SSSR count). The number of piperidine rings is 1. The molecule has 1 fully saturated rings. The highest BCUT2D eigenvalue weighted by Gasteiger charge is 2.19. The van der Waals surface area contributed by atoms with Crippen LogP contribution < -0.4 is 10.2 Å². The maximum Gasteiger partial charge on any atom is 0.270 e. The molecule has 0 aromatic carbocycles. The van der Waals surface area contributed by atoms with Crippen LogP contribution in [0.4, 0.5) is 5.95 Å². The average molecular weight is 260 g/mol. The number of hydrogen-bond donors (Lipinski definition) is 1. The smallest absolute Gasteiger partial charge is 0.270 e. The Kier molecular flexibility index (Phi) is 4.49. The van der Waals surface area contributed by atoms with Gasteiger partial charge in [0.05, 0.1) is 0 Å². The number of anilines is 1. The molecule has 0 bridgehead atoms. The molecule has 1 aliphatic heterocycles. The Morgan fingerprint density at radius 3 is 3.26 bits per heavy atom. The minimum atomic E-state index is -0.186. The molecule has 1 aromatic rings. The molecule has 0 saturated carbocycles. The molecule has 1 aliphatic rings. The highest BCUT2D eigenvalue weighted by atomic mass is 16.1. The molecule has 0 spiro atoms. The molecule has 0 aliphatic carbocycles. The molecule has 19 heavy (non-hydrogen) atoms. The highest BCUT2D eigenvalue weighted by molar-refractivity contribution is 5.92. The van der Waals surface area contributed by atoms with Gasteiger partial charge in [0, 0.05) is 25.8 Å². The Labute approximate surface area is 113 Å². The topological polar surface area (TPSA) is 58.1 Å². The Balaban J connectivity index is 2.10. The summed E-state index contributed by atoms with van der Waals surface area (Å²) in [4.78, 5) is 22.6. The van der Waals surface area contributed by atoms with Crippen molar-refractivity contribution in [3.63, 3.8) is 0 Å². The van der Waals surface area contributed by atoms with E-state index in [-0.39, 0.29) is 5.91 Å². The molecule has 2 heterocycles. The van der Waals surface area contributed by atoms with Gasteiger partial charge in [0.2, 0.25) is 5.95 Å². The van der Waals surface area contributed by atoms with Crippen molar-refractivity contribution in [3.8, 4) is 0 Å². The molecule has 1 amide bonds. The third-order valence-corrected chi connectivity index (χ3v) is 3.22. The first-order valence-electron chi connectivity index (χ1n) is 6.68. The number of carbonyl (C=O) groups excluding carboxylic acids is 1.